The van der Waals surface area contributed by atoms with Crippen LogP contribution < -0.4 is 18.9 Å². The van der Waals surface area contributed by atoms with Crippen molar-refractivity contribution in [1.29, 1.82) is 0 Å². The van der Waals surface area contributed by atoms with Gasteiger partial charge in [0.15, 0.2) is 0 Å². The molecule has 0 saturated carbocycles. The summed E-state index contributed by atoms with van der Waals surface area (Å²) in [4.78, 5) is 13.1. The number of alkyl halides is 1. The molecule has 0 atom stereocenters. The van der Waals surface area contributed by atoms with Crippen molar-refractivity contribution >= 4 is 21.7 Å². The van der Waals surface area contributed by atoms with Crippen molar-refractivity contribution in [2.45, 2.75) is 5.33 Å². The second-order valence-corrected chi connectivity index (χ2v) is 5.76. The molecule has 0 aliphatic heterocycles. The molecule has 6 heteroatoms. The molecule has 0 heterocycles. The summed E-state index contributed by atoms with van der Waals surface area (Å²) >= 11 is 3.46. The number of methoxy groups -OCH3 is 4. The number of fused-ring (bicyclic) bond motifs is 3. The van der Waals surface area contributed by atoms with Gasteiger partial charge >= 0.3 is 0 Å². The van der Waals surface area contributed by atoms with Crippen molar-refractivity contribution in [3.63, 3.8) is 0 Å². The fourth-order valence-electron chi connectivity index (χ4n) is 3.15. The van der Waals surface area contributed by atoms with Gasteiger partial charge in [-0.2, -0.15) is 0 Å². The van der Waals surface area contributed by atoms with Crippen LogP contribution >= 0.6 is 15.9 Å². The molecule has 0 aromatic heterocycles. The molecule has 0 bridgehead atoms. The van der Waals surface area contributed by atoms with E-state index >= 15 is 0 Å². The number of hydrogen-bond donors (Lipinski definition) is 0. The van der Waals surface area contributed by atoms with E-state index in [-0.39, 0.29) is 5.78 Å². The van der Waals surface area contributed by atoms with E-state index in [0.717, 1.165) is 5.56 Å². The van der Waals surface area contributed by atoms with Crippen LogP contribution in [0.5, 0.6) is 23.0 Å². The zero-order chi connectivity index (χ0) is 17.4. The lowest BCUT2D eigenvalue weighted by Gasteiger charge is -2.16. The second kappa shape index (κ2) is 6.36. The number of benzene rings is 2. The summed E-state index contributed by atoms with van der Waals surface area (Å²) in [7, 11) is 6.24. The van der Waals surface area contributed by atoms with Crippen molar-refractivity contribution < 1.29 is 23.7 Å². The SMILES string of the molecule is COc1ccc(OC)c2c1C(=O)c1c(OC)cc(CBr)c(OC)c1-2. The molecule has 0 saturated heterocycles. The standard InChI is InChI=1S/C18H17BrO5/c1-21-10-5-6-11(22-2)14-13(10)16-15(17(14)20)12(23-3)7-9(8-19)18(16)24-4/h5-7H,8H2,1-4H3. The lowest BCUT2D eigenvalue weighted by Crippen LogP contribution is -2.03. The van der Waals surface area contributed by atoms with Crippen molar-refractivity contribution in [2.24, 2.45) is 0 Å². The average Bonchev–Trinajstić information content (AvgIpc) is 2.93. The van der Waals surface area contributed by atoms with Gasteiger partial charge in [0.25, 0.3) is 0 Å². The molecule has 1 aliphatic carbocycles. The Hall–Kier alpha value is -2.21. The molecule has 1 aliphatic rings. The molecule has 0 fully saturated rings. The summed E-state index contributed by atoms with van der Waals surface area (Å²) in [6.45, 7) is 0. The maximum absolute atomic E-state index is 13.1. The minimum absolute atomic E-state index is 0.160. The topological polar surface area (TPSA) is 54.0 Å². The molecule has 24 heavy (non-hydrogen) atoms. The van der Waals surface area contributed by atoms with Gasteiger partial charge in [-0.1, -0.05) is 15.9 Å². The Morgan fingerprint density at radius 2 is 1.33 bits per heavy atom. The Morgan fingerprint density at radius 3 is 1.83 bits per heavy atom. The first-order valence-electron chi connectivity index (χ1n) is 7.26. The summed E-state index contributed by atoms with van der Waals surface area (Å²) < 4.78 is 22.0. The van der Waals surface area contributed by atoms with Gasteiger partial charge in [-0.3, -0.25) is 4.79 Å². The predicted octanol–water partition coefficient (Wildman–Crippen LogP) is 3.83. The largest absolute Gasteiger partial charge is 0.496 e. The molecule has 0 spiro atoms. The molecule has 5 nitrogen and oxygen atoms in total. The molecule has 2 aromatic rings. The third kappa shape index (κ3) is 2.17. The summed E-state index contributed by atoms with van der Waals surface area (Å²) in [5.74, 6) is 2.06. The van der Waals surface area contributed by atoms with Gasteiger partial charge in [0.1, 0.15) is 23.0 Å². The maximum atomic E-state index is 13.1. The molecular formula is C18H17BrO5. The molecular weight excluding hydrogens is 376 g/mol. The average molecular weight is 393 g/mol. The minimum Gasteiger partial charge on any atom is -0.496 e. The van der Waals surface area contributed by atoms with Gasteiger partial charge in [0.2, 0.25) is 5.78 Å². The first kappa shape index (κ1) is 16.6. The predicted molar refractivity (Wildman–Crippen MR) is 94.1 cm³/mol. The van der Waals surface area contributed by atoms with Crippen LogP contribution in [0.3, 0.4) is 0 Å². The van der Waals surface area contributed by atoms with Crippen molar-refractivity contribution in [3.05, 3.63) is 34.9 Å². The van der Waals surface area contributed by atoms with Gasteiger partial charge in [-0.05, 0) is 18.2 Å². The summed E-state index contributed by atoms with van der Waals surface area (Å²) in [6.07, 6.45) is 0. The van der Waals surface area contributed by atoms with Crippen LogP contribution in [0.1, 0.15) is 21.5 Å². The number of carbonyl (C=O) groups excluding carboxylic acids is 1. The van der Waals surface area contributed by atoms with Gasteiger partial charge < -0.3 is 18.9 Å². The number of carbonyl (C=O) groups is 1. The molecule has 2 aromatic carbocycles. The number of rotatable bonds is 5. The van der Waals surface area contributed by atoms with Crippen molar-refractivity contribution in [2.75, 3.05) is 28.4 Å². The highest BCUT2D eigenvalue weighted by molar-refractivity contribution is 9.08. The quantitative estimate of drug-likeness (QED) is 0.617. The summed E-state index contributed by atoms with van der Waals surface area (Å²) in [6, 6.07) is 5.33. The zero-order valence-corrected chi connectivity index (χ0v) is 15.4. The highest BCUT2D eigenvalue weighted by atomic mass is 79.9. The third-order valence-corrected chi connectivity index (χ3v) is 4.77. The number of halogens is 1. The maximum Gasteiger partial charge on any atom is 0.202 e. The molecule has 0 radical (unpaired) electrons. The molecule has 126 valence electrons. The van der Waals surface area contributed by atoms with E-state index in [0.29, 0.717) is 50.6 Å². The van der Waals surface area contributed by atoms with Crippen LogP contribution in [0.2, 0.25) is 0 Å². The lowest BCUT2D eigenvalue weighted by molar-refractivity contribution is 0.103. The van der Waals surface area contributed by atoms with E-state index in [1.807, 2.05) is 6.07 Å². The Bertz CT molecular complexity index is 829. The van der Waals surface area contributed by atoms with E-state index in [2.05, 4.69) is 15.9 Å². The molecule has 0 amide bonds. The van der Waals surface area contributed by atoms with Crippen LogP contribution in [-0.2, 0) is 5.33 Å². The first-order chi connectivity index (χ1) is 11.6. The lowest BCUT2D eigenvalue weighted by atomic mass is 9.99. The fourth-order valence-corrected chi connectivity index (χ4v) is 3.57. The number of ether oxygens (including phenoxy) is 4. The Labute approximate surface area is 148 Å². The van der Waals surface area contributed by atoms with E-state index in [1.54, 1.807) is 33.5 Å². The second-order valence-electron chi connectivity index (χ2n) is 5.20. The van der Waals surface area contributed by atoms with Crippen LogP contribution in [-0.4, -0.2) is 34.2 Å². The van der Waals surface area contributed by atoms with E-state index in [1.165, 1.54) is 7.11 Å². The third-order valence-electron chi connectivity index (χ3n) is 4.16. The van der Waals surface area contributed by atoms with Crippen molar-refractivity contribution in [1.82, 2.24) is 0 Å². The highest BCUT2D eigenvalue weighted by Crippen LogP contribution is 2.54. The van der Waals surface area contributed by atoms with Gasteiger partial charge in [0.05, 0.1) is 39.6 Å². The number of hydrogen-bond acceptors (Lipinski definition) is 5. The zero-order valence-electron chi connectivity index (χ0n) is 13.9. The van der Waals surface area contributed by atoms with E-state index in [4.69, 9.17) is 18.9 Å². The Kier molecular flexibility index (Phi) is 4.41. The Balaban J connectivity index is 2.49. The summed E-state index contributed by atoms with van der Waals surface area (Å²) in [5, 5.41) is 0.565. The smallest absolute Gasteiger partial charge is 0.202 e. The van der Waals surface area contributed by atoms with Gasteiger partial charge in [-0.15, -0.1) is 0 Å². The van der Waals surface area contributed by atoms with E-state index < -0.39 is 0 Å². The fraction of sp³-hybridized carbons (Fsp3) is 0.278. The Morgan fingerprint density at radius 1 is 0.792 bits per heavy atom. The van der Waals surface area contributed by atoms with Crippen LogP contribution in [0, 0.1) is 0 Å². The highest BCUT2D eigenvalue weighted by Gasteiger charge is 2.39. The normalized spacial score (nSPS) is 11.8. The monoisotopic (exact) mass is 392 g/mol. The van der Waals surface area contributed by atoms with Crippen LogP contribution in [0.25, 0.3) is 11.1 Å². The summed E-state index contributed by atoms with van der Waals surface area (Å²) in [5.41, 5.74) is 3.18. The van der Waals surface area contributed by atoms with Gasteiger partial charge in [-0.25, -0.2) is 0 Å². The number of ketones is 1. The molecule has 3 rings (SSSR count). The van der Waals surface area contributed by atoms with Crippen molar-refractivity contribution in [3.8, 4) is 34.1 Å². The first-order valence-corrected chi connectivity index (χ1v) is 8.38. The van der Waals surface area contributed by atoms with Crippen LogP contribution in [0.15, 0.2) is 18.2 Å². The molecule has 0 unspecified atom stereocenters. The van der Waals surface area contributed by atoms with E-state index in [9.17, 15) is 4.79 Å². The molecule has 0 N–H and O–H groups in total. The van der Waals surface area contributed by atoms with Gasteiger partial charge in [0, 0.05) is 22.0 Å². The minimum atomic E-state index is -0.160. The van der Waals surface area contributed by atoms with Crippen LogP contribution in [0.4, 0.5) is 0 Å².